The molecule has 0 saturated carbocycles. The molecule has 0 radical (unpaired) electrons. The van der Waals surface area contributed by atoms with Crippen molar-refractivity contribution in [2.45, 2.75) is 0 Å². The number of halogens is 3. The zero-order valence-corrected chi connectivity index (χ0v) is 17.7. The van der Waals surface area contributed by atoms with Gasteiger partial charge in [-0.3, -0.25) is 25.0 Å². The average Bonchev–Trinajstić information content (AvgIpc) is 2.59. The van der Waals surface area contributed by atoms with Gasteiger partial charge in [-0.05, 0) is 20.2 Å². The molecule has 0 aliphatic rings. The van der Waals surface area contributed by atoms with Crippen molar-refractivity contribution in [2.75, 3.05) is 56.9 Å². The molecule has 0 atom stereocenters. The molecule has 1 N–H and O–H groups in total. The van der Waals surface area contributed by atoms with Crippen molar-refractivity contribution >= 4 is 58.6 Å². The Morgan fingerprint density at radius 2 is 1.64 bits per heavy atom. The van der Waals surface area contributed by atoms with Crippen LogP contribution in [0.2, 0.25) is 0 Å². The molecule has 10 nitrogen and oxygen atoms in total. The molecule has 0 aromatic heterocycles. The van der Waals surface area contributed by atoms with E-state index in [-0.39, 0.29) is 49.5 Å². The van der Waals surface area contributed by atoms with Crippen LogP contribution >= 0.6 is 35.6 Å². The number of rotatable bonds is 11. The van der Waals surface area contributed by atoms with Crippen LogP contribution in [0.25, 0.3) is 0 Å². The van der Waals surface area contributed by atoms with Crippen LogP contribution in [0, 0.1) is 20.2 Å². The predicted octanol–water partition coefficient (Wildman–Crippen LogP) is 2.50. The number of carbonyl (C=O) groups excluding carboxylic acids is 1. The van der Waals surface area contributed by atoms with Crippen LogP contribution in [0.4, 0.5) is 17.1 Å². The number of amides is 1. The molecule has 0 aliphatic heterocycles. The minimum absolute atomic E-state index is 0. The molecule has 0 bridgehead atoms. The first-order chi connectivity index (χ1) is 12.7. The summed E-state index contributed by atoms with van der Waals surface area (Å²) < 4.78 is 0. The smallest absolute Gasteiger partial charge is 0.312 e. The largest absolute Gasteiger partial charge is 0.364 e. The van der Waals surface area contributed by atoms with Gasteiger partial charge in [0.15, 0.2) is 5.56 Å². The van der Waals surface area contributed by atoms with E-state index in [0.717, 1.165) is 6.07 Å². The van der Waals surface area contributed by atoms with Crippen molar-refractivity contribution in [1.29, 1.82) is 0 Å². The number of carbonyl (C=O) groups is 1. The van der Waals surface area contributed by atoms with Crippen LogP contribution in [0.15, 0.2) is 12.1 Å². The summed E-state index contributed by atoms with van der Waals surface area (Å²) in [6, 6.07) is 2.32. The van der Waals surface area contributed by atoms with Crippen LogP contribution < -0.4 is 10.2 Å². The second kappa shape index (κ2) is 12.6. The Kier molecular flexibility index (Phi) is 11.7. The molecule has 0 fully saturated rings. The molecule has 0 spiro atoms. The minimum atomic E-state index is -0.881. The molecule has 0 heterocycles. The topological polar surface area (TPSA) is 122 Å². The van der Waals surface area contributed by atoms with Gasteiger partial charge in [-0.25, -0.2) is 0 Å². The van der Waals surface area contributed by atoms with Gasteiger partial charge >= 0.3 is 5.69 Å². The summed E-state index contributed by atoms with van der Waals surface area (Å²) in [4.78, 5) is 37.3. The van der Waals surface area contributed by atoms with Crippen LogP contribution in [0.1, 0.15) is 10.4 Å². The van der Waals surface area contributed by atoms with Crippen molar-refractivity contribution in [3.63, 3.8) is 0 Å². The third-order valence-electron chi connectivity index (χ3n) is 3.64. The fourth-order valence-corrected chi connectivity index (χ4v) is 2.83. The van der Waals surface area contributed by atoms with Crippen molar-refractivity contribution in [3.05, 3.63) is 37.9 Å². The first-order valence-electron chi connectivity index (χ1n) is 8.00. The quantitative estimate of drug-likeness (QED) is 0.307. The van der Waals surface area contributed by atoms with E-state index in [1.165, 1.54) is 11.0 Å². The lowest BCUT2D eigenvalue weighted by Crippen LogP contribution is -2.33. The van der Waals surface area contributed by atoms with E-state index >= 15 is 0 Å². The van der Waals surface area contributed by atoms with Crippen molar-refractivity contribution in [2.24, 2.45) is 0 Å². The van der Waals surface area contributed by atoms with Gasteiger partial charge in [-0.2, -0.15) is 0 Å². The Bertz CT molecular complexity index is 699. The van der Waals surface area contributed by atoms with E-state index in [4.69, 9.17) is 23.2 Å². The van der Waals surface area contributed by atoms with E-state index in [1.54, 1.807) is 19.0 Å². The summed E-state index contributed by atoms with van der Waals surface area (Å²) >= 11 is 11.5. The second-order valence-electron chi connectivity index (χ2n) is 5.77. The zero-order valence-electron chi connectivity index (χ0n) is 15.4. The fourth-order valence-electron chi connectivity index (χ4n) is 2.42. The Morgan fingerprint density at radius 3 is 2.07 bits per heavy atom. The van der Waals surface area contributed by atoms with Gasteiger partial charge in [-0.1, -0.05) is 0 Å². The summed E-state index contributed by atoms with van der Waals surface area (Å²) in [5.41, 5.74) is -1.80. The highest BCUT2D eigenvalue weighted by Crippen LogP contribution is 2.37. The van der Waals surface area contributed by atoms with E-state index < -0.39 is 32.7 Å². The number of hydrogen-bond donors (Lipinski definition) is 1. The van der Waals surface area contributed by atoms with Gasteiger partial charge in [0.2, 0.25) is 0 Å². The molecule has 0 unspecified atom stereocenters. The molecule has 1 aromatic carbocycles. The molecule has 0 saturated heterocycles. The molecule has 1 amide bonds. The molecule has 1 aromatic rings. The van der Waals surface area contributed by atoms with Gasteiger partial charge < -0.3 is 15.1 Å². The van der Waals surface area contributed by atoms with E-state index in [0.29, 0.717) is 6.54 Å². The minimum Gasteiger partial charge on any atom is -0.364 e. The molecule has 13 heteroatoms. The highest BCUT2D eigenvalue weighted by atomic mass is 35.5. The third-order valence-corrected chi connectivity index (χ3v) is 3.97. The summed E-state index contributed by atoms with van der Waals surface area (Å²) in [6.45, 7) is 1.11. The Labute approximate surface area is 178 Å². The Hall–Kier alpha value is -1.88. The molecular weight excluding hydrogens is 437 g/mol. The maximum absolute atomic E-state index is 12.6. The van der Waals surface area contributed by atoms with Gasteiger partial charge in [0.05, 0.1) is 9.85 Å². The molecular formula is C15H22Cl3N5O5. The number of nitrogens with one attached hydrogen (secondary N) is 1. The first-order valence-corrected chi connectivity index (χ1v) is 9.07. The fraction of sp³-hybridized carbons (Fsp3) is 0.533. The monoisotopic (exact) mass is 457 g/mol. The molecule has 1 rings (SSSR count). The van der Waals surface area contributed by atoms with Crippen molar-refractivity contribution < 1.29 is 14.6 Å². The van der Waals surface area contributed by atoms with Crippen LogP contribution in [-0.4, -0.2) is 72.7 Å². The Morgan fingerprint density at radius 1 is 1.07 bits per heavy atom. The number of likely N-dealkylation sites (N-methyl/N-ethyl adjacent to an activating group) is 1. The standard InChI is InChI=1S/C15H21Cl2N5O5.ClH/c1-19(2)10-7-18-15(23)13-11(21(24)25)3-4-12(14(13)22(26)27)20(8-5-16)9-6-17;/h3-4H,5-10H2,1-2H3,(H,18,23);1H. The predicted molar refractivity (Wildman–Crippen MR) is 112 cm³/mol. The Balaban J connectivity index is 0.00000729. The summed E-state index contributed by atoms with van der Waals surface area (Å²) in [6.07, 6.45) is 0. The number of benzene rings is 1. The third kappa shape index (κ3) is 6.93. The van der Waals surface area contributed by atoms with Crippen molar-refractivity contribution in [3.8, 4) is 0 Å². The maximum atomic E-state index is 12.6. The average molecular weight is 459 g/mol. The lowest BCUT2D eigenvalue weighted by Gasteiger charge is -2.23. The van der Waals surface area contributed by atoms with Gasteiger partial charge in [0.25, 0.3) is 11.6 Å². The van der Waals surface area contributed by atoms with Crippen LogP contribution in [0.3, 0.4) is 0 Å². The number of nitro benzene ring substituents is 2. The molecule has 158 valence electrons. The number of nitrogens with zero attached hydrogens (tertiary/aromatic N) is 4. The van der Waals surface area contributed by atoms with Gasteiger partial charge in [0.1, 0.15) is 5.69 Å². The zero-order chi connectivity index (χ0) is 20.6. The van der Waals surface area contributed by atoms with Crippen LogP contribution in [0.5, 0.6) is 0 Å². The summed E-state index contributed by atoms with van der Waals surface area (Å²) in [7, 11) is 3.57. The van der Waals surface area contributed by atoms with E-state index in [9.17, 15) is 25.0 Å². The molecule has 28 heavy (non-hydrogen) atoms. The summed E-state index contributed by atoms with van der Waals surface area (Å²) in [5.74, 6) is -0.557. The van der Waals surface area contributed by atoms with Gasteiger partial charge in [0, 0.05) is 44.0 Å². The first kappa shape index (κ1) is 26.1. The maximum Gasteiger partial charge on any atom is 0.312 e. The molecule has 0 aliphatic carbocycles. The van der Waals surface area contributed by atoms with Crippen LogP contribution in [-0.2, 0) is 0 Å². The second-order valence-corrected chi connectivity index (χ2v) is 6.52. The highest BCUT2D eigenvalue weighted by molar-refractivity contribution is 6.18. The van der Waals surface area contributed by atoms with E-state index in [2.05, 4.69) is 5.32 Å². The van der Waals surface area contributed by atoms with Crippen molar-refractivity contribution in [1.82, 2.24) is 10.2 Å². The number of anilines is 1. The number of alkyl halides is 2. The normalized spacial score (nSPS) is 10.3. The lowest BCUT2D eigenvalue weighted by molar-refractivity contribution is -0.394. The number of hydrogen-bond acceptors (Lipinski definition) is 7. The lowest BCUT2D eigenvalue weighted by atomic mass is 10.1. The van der Waals surface area contributed by atoms with E-state index in [1.807, 2.05) is 0 Å². The SMILES string of the molecule is CN(C)CCNC(=O)c1c([N+](=O)[O-])ccc(N(CCCl)CCCl)c1[N+](=O)[O-].Cl. The number of nitro groups is 2. The highest BCUT2D eigenvalue weighted by Gasteiger charge is 2.35. The summed E-state index contributed by atoms with van der Waals surface area (Å²) in [5, 5.41) is 25.6. The van der Waals surface area contributed by atoms with Gasteiger partial charge in [-0.15, -0.1) is 35.6 Å².